The van der Waals surface area contributed by atoms with E-state index in [0.29, 0.717) is 22.7 Å². The van der Waals surface area contributed by atoms with E-state index >= 15 is 0 Å². The number of aromatic nitrogens is 2. The zero-order valence-electron chi connectivity index (χ0n) is 15.5. The van der Waals surface area contributed by atoms with Crippen molar-refractivity contribution < 1.29 is 19.1 Å². The summed E-state index contributed by atoms with van der Waals surface area (Å²) in [6, 6.07) is 13.7. The third kappa shape index (κ3) is 3.96. The van der Waals surface area contributed by atoms with Gasteiger partial charge in [0.15, 0.2) is 0 Å². The summed E-state index contributed by atoms with van der Waals surface area (Å²) in [5.41, 5.74) is 7.94. The van der Waals surface area contributed by atoms with Crippen molar-refractivity contribution in [3.05, 3.63) is 65.9 Å². The lowest BCUT2D eigenvalue weighted by Crippen LogP contribution is -2.12. The number of methoxy groups -OCH3 is 1. The Hall–Kier alpha value is -3.81. The fourth-order valence-electron chi connectivity index (χ4n) is 2.56. The minimum absolute atomic E-state index is 0.175. The second kappa shape index (κ2) is 8.26. The maximum atomic E-state index is 12.4. The predicted molar refractivity (Wildman–Crippen MR) is 105 cm³/mol. The van der Waals surface area contributed by atoms with Gasteiger partial charge in [0, 0.05) is 11.3 Å². The summed E-state index contributed by atoms with van der Waals surface area (Å²) in [4.78, 5) is 24.2. The summed E-state index contributed by atoms with van der Waals surface area (Å²) in [6.07, 6.45) is 1.36. The predicted octanol–water partition coefficient (Wildman–Crippen LogP) is 2.89. The molecule has 0 bridgehead atoms. The number of carbonyl (C=O) groups is 2. The van der Waals surface area contributed by atoms with Crippen molar-refractivity contribution in [2.24, 2.45) is 0 Å². The molecular weight excluding hydrogens is 360 g/mol. The third-order valence-corrected chi connectivity index (χ3v) is 4.02. The van der Waals surface area contributed by atoms with Crippen LogP contribution in [0.1, 0.15) is 27.6 Å². The molecule has 28 heavy (non-hydrogen) atoms. The van der Waals surface area contributed by atoms with E-state index in [1.165, 1.54) is 10.9 Å². The normalized spacial score (nSPS) is 10.4. The molecule has 1 heterocycles. The third-order valence-electron chi connectivity index (χ3n) is 4.02. The fraction of sp³-hybridized carbons (Fsp3) is 0.150. The number of carbonyl (C=O) groups excluding carboxylic acids is 2. The van der Waals surface area contributed by atoms with Gasteiger partial charge in [-0.3, -0.25) is 4.79 Å². The van der Waals surface area contributed by atoms with Crippen molar-refractivity contribution >= 4 is 23.4 Å². The summed E-state index contributed by atoms with van der Waals surface area (Å²) in [5, 5.41) is 6.94. The summed E-state index contributed by atoms with van der Waals surface area (Å²) < 4.78 is 11.5. The van der Waals surface area contributed by atoms with Crippen LogP contribution in [0.4, 0.5) is 11.5 Å². The van der Waals surface area contributed by atoms with Crippen molar-refractivity contribution in [2.75, 3.05) is 24.8 Å². The quantitative estimate of drug-likeness (QED) is 0.637. The van der Waals surface area contributed by atoms with E-state index in [4.69, 9.17) is 15.2 Å². The van der Waals surface area contributed by atoms with Crippen LogP contribution in [0.25, 0.3) is 5.69 Å². The van der Waals surface area contributed by atoms with E-state index in [0.717, 1.165) is 0 Å². The molecule has 0 aliphatic rings. The number of nitrogen functional groups attached to an aromatic ring is 1. The second-order valence-electron chi connectivity index (χ2n) is 5.81. The molecule has 1 amide bonds. The van der Waals surface area contributed by atoms with E-state index in [9.17, 15) is 9.59 Å². The van der Waals surface area contributed by atoms with Gasteiger partial charge in [-0.2, -0.15) is 5.10 Å². The molecular formula is C20H20N4O4. The standard InChI is InChI=1S/C20H20N4O4/c1-3-28-20(26)17-12-22-24(18(17)21)15-8-4-13(5-9-15)19(25)23-14-6-10-16(27-2)11-7-14/h4-12H,3,21H2,1-2H3,(H,23,25). The van der Waals surface area contributed by atoms with Gasteiger partial charge in [0.2, 0.25) is 0 Å². The number of rotatable bonds is 6. The van der Waals surface area contributed by atoms with Gasteiger partial charge in [-0.05, 0) is 55.5 Å². The summed E-state index contributed by atoms with van der Waals surface area (Å²) in [7, 11) is 1.58. The van der Waals surface area contributed by atoms with Gasteiger partial charge in [-0.15, -0.1) is 0 Å². The number of benzene rings is 2. The Morgan fingerprint density at radius 2 is 1.79 bits per heavy atom. The first-order chi connectivity index (χ1) is 13.5. The van der Waals surface area contributed by atoms with Crippen LogP contribution in [0.2, 0.25) is 0 Å². The molecule has 8 nitrogen and oxygen atoms in total. The first-order valence-electron chi connectivity index (χ1n) is 8.60. The van der Waals surface area contributed by atoms with Crippen LogP contribution < -0.4 is 15.8 Å². The van der Waals surface area contributed by atoms with Gasteiger partial charge in [-0.25, -0.2) is 9.48 Å². The molecule has 8 heteroatoms. The van der Waals surface area contributed by atoms with Gasteiger partial charge in [0.25, 0.3) is 5.91 Å². The zero-order chi connectivity index (χ0) is 20.1. The topological polar surface area (TPSA) is 108 Å². The SMILES string of the molecule is CCOC(=O)c1cnn(-c2ccc(C(=O)Nc3ccc(OC)cc3)cc2)c1N. The Kier molecular flexibility index (Phi) is 5.59. The monoisotopic (exact) mass is 380 g/mol. The summed E-state index contributed by atoms with van der Waals surface area (Å²) >= 11 is 0. The number of anilines is 2. The maximum Gasteiger partial charge on any atom is 0.343 e. The molecule has 0 radical (unpaired) electrons. The molecule has 1 aromatic heterocycles. The average Bonchev–Trinajstić information content (AvgIpc) is 3.10. The molecule has 3 rings (SSSR count). The lowest BCUT2D eigenvalue weighted by atomic mass is 10.2. The number of nitrogens with zero attached hydrogens (tertiary/aromatic N) is 2. The highest BCUT2D eigenvalue weighted by Crippen LogP contribution is 2.20. The number of nitrogens with one attached hydrogen (secondary N) is 1. The number of ether oxygens (including phenoxy) is 2. The Labute approximate surface area is 161 Å². The van der Waals surface area contributed by atoms with Crippen molar-refractivity contribution in [1.29, 1.82) is 0 Å². The zero-order valence-corrected chi connectivity index (χ0v) is 15.5. The van der Waals surface area contributed by atoms with Crippen LogP contribution >= 0.6 is 0 Å². The van der Waals surface area contributed by atoms with Gasteiger partial charge in [-0.1, -0.05) is 0 Å². The van der Waals surface area contributed by atoms with Crippen molar-refractivity contribution in [3.63, 3.8) is 0 Å². The fourth-order valence-corrected chi connectivity index (χ4v) is 2.56. The van der Waals surface area contributed by atoms with E-state index in [-0.39, 0.29) is 23.9 Å². The molecule has 3 aromatic rings. The molecule has 0 aliphatic heterocycles. The first kappa shape index (κ1) is 19.0. The Morgan fingerprint density at radius 3 is 2.39 bits per heavy atom. The molecule has 0 saturated heterocycles. The smallest absolute Gasteiger partial charge is 0.343 e. The molecule has 0 saturated carbocycles. The lowest BCUT2D eigenvalue weighted by Gasteiger charge is -2.08. The second-order valence-corrected chi connectivity index (χ2v) is 5.81. The number of hydrogen-bond donors (Lipinski definition) is 2. The van der Waals surface area contributed by atoms with Crippen molar-refractivity contribution in [1.82, 2.24) is 9.78 Å². The van der Waals surface area contributed by atoms with Crippen LogP contribution in [0.5, 0.6) is 5.75 Å². The van der Waals surface area contributed by atoms with E-state index in [2.05, 4.69) is 10.4 Å². The van der Waals surface area contributed by atoms with Crippen LogP contribution in [0.15, 0.2) is 54.7 Å². The number of esters is 1. The first-order valence-corrected chi connectivity index (χ1v) is 8.60. The minimum Gasteiger partial charge on any atom is -0.497 e. The summed E-state index contributed by atoms with van der Waals surface area (Å²) in [6.45, 7) is 1.97. The van der Waals surface area contributed by atoms with Gasteiger partial charge < -0.3 is 20.5 Å². The average molecular weight is 380 g/mol. The van der Waals surface area contributed by atoms with Crippen LogP contribution in [0.3, 0.4) is 0 Å². The van der Waals surface area contributed by atoms with Crippen LogP contribution in [-0.4, -0.2) is 35.4 Å². The highest BCUT2D eigenvalue weighted by atomic mass is 16.5. The number of amides is 1. The summed E-state index contributed by atoms with van der Waals surface area (Å²) in [5.74, 6) is 0.106. The van der Waals surface area contributed by atoms with E-state index in [1.807, 2.05) is 0 Å². The Morgan fingerprint density at radius 1 is 1.11 bits per heavy atom. The molecule has 144 valence electrons. The molecule has 2 aromatic carbocycles. The van der Waals surface area contributed by atoms with Gasteiger partial charge in [0.05, 0.1) is 25.6 Å². The Bertz CT molecular complexity index is 978. The maximum absolute atomic E-state index is 12.4. The van der Waals surface area contributed by atoms with Crippen molar-refractivity contribution in [3.8, 4) is 11.4 Å². The van der Waals surface area contributed by atoms with Crippen LogP contribution in [-0.2, 0) is 4.74 Å². The largest absolute Gasteiger partial charge is 0.497 e. The Balaban J connectivity index is 1.74. The minimum atomic E-state index is -0.526. The van der Waals surface area contributed by atoms with Crippen LogP contribution in [0, 0.1) is 0 Å². The van der Waals surface area contributed by atoms with Gasteiger partial charge in [0.1, 0.15) is 17.1 Å². The lowest BCUT2D eigenvalue weighted by molar-refractivity contribution is 0.0527. The van der Waals surface area contributed by atoms with E-state index in [1.54, 1.807) is 62.6 Å². The molecule has 3 N–H and O–H groups in total. The molecule has 0 aliphatic carbocycles. The van der Waals surface area contributed by atoms with Gasteiger partial charge >= 0.3 is 5.97 Å². The number of hydrogen-bond acceptors (Lipinski definition) is 6. The molecule has 0 fully saturated rings. The van der Waals surface area contributed by atoms with E-state index < -0.39 is 5.97 Å². The molecule has 0 unspecified atom stereocenters. The highest BCUT2D eigenvalue weighted by Gasteiger charge is 2.17. The van der Waals surface area contributed by atoms with Crippen molar-refractivity contribution in [2.45, 2.75) is 6.92 Å². The molecule has 0 atom stereocenters. The molecule has 0 spiro atoms. The highest BCUT2D eigenvalue weighted by molar-refractivity contribution is 6.04. The number of nitrogens with two attached hydrogens (primary N) is 1.